The smallest absolute Gasteiger partial charge is 0.165 e. The molecule has 21 heavy (non-hydrogen) atoms. The molecule has 2 heterocycles. The van der Waals surface area contributed by atoms with Gasteiger partial charge < -0.3 is 19.8 Å². The average Bonchev–Trinajstić information content (AvgIpc) is 2.80. The van der Waals surface area contributed by atoms with Crippen molar-refractivity contribution in [3.63, 3.8) is 0 Å². The summed E-state index contributed by atoms with van der Waals surface area (Å²) in [6.07, 6.45) is 4.62. The third kappa shape index (κ3) is 1.14. The van der Waals surface area contributed by atoms with Gasteiger partial charge in [-0.2, -0.15) is 0 Å². The van der Waals surface area contributed by atoms with E-state index in [1.165, 1.54) is 5.56 Å². The molecule has 1 aromatic carbocycles. The van der Waals surface area contributed by atoms with Crippen molar-refractivity contribution in [3.05, 3.63) is 23.3 Å². The fourth-order valence-corrected chi connectivity index (χ4v) is 5.75. The Kier molecular flexibility index (Phi) is 2.08. The number of phenolic OH excluding ortho intramolecular Hbond substituents is 1. The van der Waals surface area contributed by atoms with Crippen LogP contribution < -0.4 is 4.74 Å². The minimum Gasteiger partial charge on any atom is -0.504 e. The van der Waals surface area contributed by atoms with Crippen molar-refractivity contribution in [2.24, 2.45) is 0 Å². The van der Waals surface area contributed by atoms with Gasteiger partial charge >= 0.3 is 0 Å². The third-order valence-electron chi connectivity index (χ3n) is 6.63. The van der Waals surface area contributed by atoms with Crippen LogP contribution >= 0.6 is 0 Å². The number of benzene rings is 1. The van der Waals surface area contributed by atoms with Crippen molar-refractivity contribution >= 4 is 0 Å². The molecule has 2 bridgehead atoms. The normalized spacial score (nSPS) is 43.3. The maximum absolute atomic E-state index is 11.7. The first-order valence-electron chi connectivity index (χ1n) is 8.02. The molecule has 4 nitrogen and oxygen atoms in total. The monoisotopic (exact) mass is 287 g/mol. The van der Waals surface area contributed by atoms with E-state index in [1.807, 2.05) is 6.07 Å². The summed E-state index contributed by atoms with van der Waals surface area (Å²) in [5.74, 6) is 0.887. The molecule has 112 valence electrons. The summed E-state index contributed by atoms with van der Waals surface area (Å²) in [7, 11) is 2.13. The summed E-state index contributed by atoms with van der Waals surface area (Å²) < 4.78 is 6.18. The largest absolute Gasteiger partial charge is 0.504 e. The van der Waals surface area contributed by atoms with Crippen LogP contribution in [0, 0.1) is 0 Å². The number of hydrogen-bond acceptors (Lipinski definition) is 4. The Morgan fingerprint density at radius 1 is 1.33 bits per heavy atom. The fourth-order valence-electron chi connectivity index (χ4n) is 5.75. The molecule has 4 atom stereocenters. The average molecular weight is 287 g/mol. The number of aromatic hydroxyl groups is 1. The number of likely N-dealkylation sites (tertiary alicyclic amines) is 1. The molecule has 1 saturated carbocycles. The Labute approximate surface area is 124 Å². The van der Waals surface area contributed by atoms with Gasteiger partial charge in [-0.05, 0) is 57.3 Å². The Morgan fingerprint density at radius 2 is 2.19 bits per heavy atom. The molecular formula is C17H21NO3. The fraction of sp³-hybridized carbons (Fsp3) is 0.647. The molecule has 2 N–H and O–H groups in total. The standard InChI is InChI=1S/C17H21NO3/c1-18-8-7-16-13-3-2-6-17(16,20)12(18)9-10-4-5-11(19)15(21-13)14(10)16/h4-5,12-13,19-20H,2-3,6-9H2,1H3/t12-,13+,16-,17-/m1/s1. The van der Waals surface area contributed by atoms with Crippen LogP contribution in [0.15, 0.2) is 12.1 Å². The number of piperidine rings is 1. The van der Waals surface area contributed by atoms with Crippen molar-refractivity contribution in [1.29, 1.82) is 0 Å². The highest BCUT2D eigenvalue weighted by Gasteiger charge is 2.70. The maximum Gasteiger partial charge on any atom is 0.165 e. The van der Waals surface area contributed by atoms with E-state index >= 15 is 0 Å². The summed E-state index contributed by atoms with van der Waals surface area (Å²) in [6.45, 7) is 0.987. The van der Waals surface area contributed by atoms with Gasteiger partial charge in [-0.15, -0.1) is 0 Å². The second-order valence-electron chi connectivity index (χ2n) is 7.29. The van der Waals surface area contributed by atoms with Crippen LogP contribution in [0.5, 0.6) is 11.5 Å². The Hall–Kier alpha value is -1.26. The van der Waals surface area contributed by atoms with Gasteiger partial charge in [-0.3, -0.25) is 0 Å². The highest BCUT2D eigenvalue weighted by Crippen LogP contribution is 2.65. The van der Waals surface area contributed by atoms with Gasteiger partial charge in [0.2, 0.25) is 0 Å². The zero-order chi connectivity index (χ0) is 14.4. The molecular weight excluding hydrogens is 266 g/mol. The molecule has 4 heteroatoms. The first-order valence-corrected chi connectivity index (χ1v) is 8.02. The summed E-state index contributed by atoms with van der Waals surface area (Å²) in [4.78, 5) is 2.32. The number of hydrogen-bond donors (Lipinski definition) is 2. The number of phenols is 1. The topological polar surface area (TPSA) is 52.9 Å². The molecule has 0 radical (unpaired) electrons. The van der Waals surface area contributed by atoms with Gasteiger partial charge in [0.25, 0.3) is 0 Å². The first kappa shape index (κ1) is 12.3. The predicted octanol–water partition coefficient (Wildman–Crippen LogP) is 1.57. The Balaban J connectivity index is 1.86. The summed E-state index contributed by atoms with van der Waals surface area (Å²) in [5.41, 5.74) is 1.37. The van der Waals surface area contributed by atoms with E-state index in [4.69, 9.17) is 4.74 Å². The maximum atomic E-state index is 11.7. The van der Waals surface area contributed by atoms with E-state index in [9.17, 15) is 10.2 Å². The van der Waals surface area contributed by atoms with Crippen molar-refractivity contribution in [2.45, 2.75) is 55.3 Å². The van der Waals surface area contributed by atoms with Crippen LogP contribution in [0.2, 0.25) is 0 Å². The molecule has 0 amide bonds. The van der Waals surface area contributed by atoms with E-state index in [1.54, 1.807) is 6.07 Å². The Morgan fingerprint density at radius 3 is 3.05 bits per heavy atom. The van der Waals surface area contributed by atoms with Gasteiger partial charge in [0.15, 0.2) is 11.5 Å². The highest BCUT2D eigenvalue weighted by molar-refractivity contribution is 5.62. The molecule has 1 aromatic rings. The van der Waals surface area contributed by atoms with E-state index in [0.717, 1.165) is 44.2 Å². The summed E-state index contributed by atoms with van der Waals surface area (Å²) in [6, 6.07) is 3.95. The summed E-state index contributed by atoms with van der Waals surface area (Å²) in [5, 5.41) is 21.9. The minimum atomic E-state index is -0.713. The van der Waals surface area contributed by atoms with Crippen molar-refractivity contribution in [2.75, 3.05) is 13.6 Å². The van der Waals surface area contributed by atoms with Crippen LogP contribution in [0.25, 0.3) is 0 Å². The van der Waals surface area contributed by atoms with Gasteiger partial charge in [0.1, 0.15) is 6.10 Å². The molecule has 2 fully saturated rings. The number of ether oxygens (including phenoxy) is 1. The van der Waals surface area contributed by atoms with Crippen molar-refractivity contribution in [1.82, 2.24) is 4.90 Å². The molecule has 1 spiro atoms. The number of nitrogens with zero attached hydrogens (tertiary/aromatic N) is 1. The third-order valence-corrected chi connectivity index (χ3v) is 6.63. The molecule has 1 saturated heterocycles. The van der Waals surface area contributed by atoms with E-state index < -0.39 is 5.60 Å². The van der Waals surface area contributed by atoms with Crippen molar-refractivity contribution < 1.29 is 14.9 Å². The van der Waals surface area contributed by atoms with Crippen molar-refractivity contribution in [3.8, 4) is 11.5 Å². The zero-order valence-electron chi connectivity index (χ0n) is 12.3. The number of rotatable bonds is 0. The van der Waals surface area contributed by atoms with Gasteiger partial charge in [0, 0.05) is 11.6 Å². The molecule has 2 aliphatic heterocycles. The lowest BCUT2D eigenvalue weighted by atomic mass is 9.49. The highest BCUT2D eigenvalue weighted by atomic mass is 16.5. The quantitative estimate of drug-likeness (QED) is 0.760. The van der Waals surface area contributed by atoms with Gasteiger partial charge in [-0.1, -0.05) is 6.07 Å². The lowest BCUT2D eigenvalue weighted by molar-refractivity contribution is -0.180. The number of aliphatic hydroxyl groups is 1. The van der Waals surface area contributed by atoms with Crippen LogP contribution in [0.4, 0.5) is 0 Å². The second kappa shape index (κ2) is 3.55. The molecule has 2 aliphatic carbocycles. The second-order valence-corrected chi connectivity index (χ2v) is 7.29. The molecule has 5 rings (SSSR count). The lowest BCUT2D eigenvalue weighted by Crippen LogP contribution is -2.74. The molecule has 4 aliphatic rings. The minimum absolute atomic E-state index is 0.0230. The zero-order valence-corrected chi connectivity index (χ0v) is 12.3. The molecule has 0 unspecified atom stereocenters. The summed E-state index contributed by atoms with van der Waals surface area (Å²) >= 11 is 0. The van der Waals surface area contributed by atoms with Crippen LogP contribution in [-0.4, -0.2) is 46.5 Å². The van der Waals surface area contributed by atoms with Crippen LogP contribution in [-0.2, 0) is 11.8 Å². The van der Waals surface area contributed by atoms with Gasteiger partial charge in [0.05, 0.1) is 11.0 Å². The van der Waals surface area contributed by atoms with E-state index in [-0.39, 0.29) is 23.3 Å². The van der Waals surface area contributed by atoms with E-state index in [0.29, 0.717) is 5.75 Å². The van der Waals surface area contributed by atoms with Gasteiger partial charge in [-0.25, -0.2) is 0 Å². The Bertz CT molecular complexity index is 645. The van der Waals surface area contributed by atoms with Crippen LogP contribution in [0.1, 0.15) is 36.8 Å². The molecule has 0 aromatic heterocycles. The van der Waals surface area contributed by atoms with Crippen LogP contribution in [0.3, 0.4) is 0 Å². The lowest BCUT2D eigenvalue weighted by Gasteiger charge is -2.62. The van der Waals surface area contributed by atoms with E-state index in [2.05, 4.69) is 11.9 Å². The first-order chi connectivity index (χ1) is 10.1. The predicted molar refractivity (Wildman–Crippen MR) is 77.7 cm³/mol. The number of likely N-dealkylation sites (N-methyl/N-ethyl adjacent to an activating group) is 1. The SMILES string of the molecule is CN1CC[C@]23c4c5ccc(O)c4O[C@H]2CCC[C@@]3(O)[C@H]1C5.